The lowest BCUT2D eigenvalue weighted by molar-refractivity contribution is -0.141. The number of hydrogen-bond acceptors (Lipinski definition) is 2. The molecular weight excluding hydrogens is 235 g/mol. The predicted molar refractivity (Wildman–Crippen MR) is 63.6 cm³/mol. The van der Waals surface area contributed by atoms with Crippen molar-refractivity contribution in [3.63, 3.8) is 0 Å². The number of carbonyl (C=O) groups is 1. The van der Waals surface area contributed by atoms with Crippen molar-refractivity contribution >= 4 is 5.97 Å². The van der Waals surface area contributed by atoms with Crippen LogP contribution in [0.2, 0.25) is 0 Å². The molecule has 1 aromatic carbocycles. The summed E-state index contributed by atoms with van der Waals surface area (Å²) in [5.41, 5.74) is 0.675. The summed E-state index contributed by atoms with van der Waals surface area (Å²) in [6.45, 7) is 0. The van der Waals surface area contributed by atoms with Crippen LogP contribution >= 0.6 is 0 Å². The molecule has 0 amide bonds. The fraction of sp³-hybridized carbons (Fsp3) is 0.214. The van der Waals surface area contributed by atoms with Gasteiger partial charge >= 0.3 is 5.97 Å². The Hall–Kier alpha value is -2.10. The van der Waals surface area contributed by atoms with E-state index in [9.17, 15) is 9.18 Å². The smallest absolute Gasteiger partial charge is 0.307 e. The van der Waals surface area contributed by atoms with Crippen molar-refractivity contribution in [2.24, 2.45) is 5.92 Å². The van der Waals surface area contributed by atoms with Crippen LogP contribution in [0.1, 0.15) is 11.3 Å². The Labute approximate surface area is 104 Å². The number of benzene rings is 1. The molecule has 18 heavy (non-hydrogen) atoms. The molecule has 0 saturated heterocycles. The number of furan rings is 1. The first-order chi connectivity index (χ1) is 8.65. The Morgan fingerprint density at radius 1 is 1.28 bits per heavy atom. The molecule has 94 valence electrons. The SMILES string of the molecule is O=C(O)C(Cc1cccc(F)c1)Cc1ccco1. The Bertz CT molecular complexity index is 520. The maximum Gasteiger partial charge on any atom is 0.307 e. The van der Waals surface area contributed by atoms with E-state index in [1.165, 1.54) is 18.4 Å². The van der Waals surface area contributed by atoms with Crippen molar-refractivity contribution in [1.82, 2.24) is 0 Å². The predicted octanol–water partition coefficient (Wildman–Crippen LogP) is 2.90. The van der Waals surface area contributed by atoms with Gasteiger partial charge in [0.1, 0.15) is 11.6 Å². The summed E-state index contributed by atoms with van der Waals surface area (Å²) in [6, 6.07) is 9.46. The molecule has 0 saturated carbocycles. The number of hydrogen-bond donors (Lipinski definition) is 1. The highest BCUT2D eigenvalue weighted by Crippen LogP contribution is 2.16. The van der Waals surface area contributed by atoms with Gasteiger partial charge in [0.2, 0.25) is 0 Å². The van der Waals surface area contributed by atoms with E-state index in [-0.39, 0.29) is 12.2 Å². The van der Waals surface area contributed by atoms with Gasteiger partial charge in [-0.25, -0.2) is 4.39 Å². The van der Waals surface area contributed by atoms with Gasteiger partial charge in [0, 0.05) is 6.42 Å². The van der Waals surface area contributed by atoms with Crippen molar-refractivity contribution in [1.29, 1.82) is 0 Å². The maximum atomic E-state index is 13.0. The van der Waals surface area contributed by atoms with E-state index in [0.717, 1.165) is 0 Å². The van der Waals surface area contributed by atoms with Crippen molar-refractivity contribution in [2.45, 2.75) is 12.8 Å². The lowest BCUT2D eigenvalue weighted by atomic mass is 9.95. The molecule has 0 spiro atoms. The zero-order chi connectivity index (χ0) is 13.0. The molecule has 4 heteroatoms. The quantitative estimate of drug-likeness (QED) is 0.885. The van der Waals surface area contributed by atoms with E-state index >= 15 is 0 Å². The summed E-state index contributed by atoms with van der Waals surface area (Å²) in [7, 11) is 0. The summed E-state index contributed by atoms with van der Waals surface area (Å²) in [4.78, 5) is 11.2. The molecule has 0 aliphatic carbocycles. The molecule has 1 N–H and O–H groups in total. The molecule has 0 fully saturated rings. The van der Waals surface area contributed by atoms with Gasteiger partial charge in [-0.2, -0.15) is 0 Å². The van der Waals surface area contributed by atoms with Gasteiger partial charge in [-0.05, 0) is 36.2 Å². The average Bonchev–Trinajstić information content (AvgIpc) is 2.81. The van der Waals surface area contributed by atoms with Crippen LogP contribution in [-0.4, -0.2) is 11.1 Å². The summed E-state index contributed by atoms with van der Waals surface area (Å²) >= 11 is 0. The van der Waals surface area contributed by atoms with E-state index in [1.54, 1.807) is 24.3 Å². The van der Waals surface area contributed by atoms with Crippen LogP contribution in [-0.2, 0) is 17.6 Å². The molecule has 2 rings (SSSR count). The van der Waals surface area contributed by atoms with Crippen molar-refractivity contribution in [3.8, 4) is 0 Å². The summed E-state index contributed by atoms with van der Waals surface area (Å²) in [5.74, 6) is -1.25. The molecular formula is C14H13FO3. The molecule has 1 heterocycles. The minimum atomic E-state index is -0.907. The minimum absolute atomic E-state index is 0.286. The number of rotatable bonds is 5. The largest absolute Gasteiger partial charge is 0.481 e. The van der Waals surface area contributed by atoms with Crippen LogP contribution < -0.4 is 0 Å². The number of aliphatic carboxylic acids is 1. The van der Waals surface area contributed by atoms with Gasteiger partial charge in [0.15, 0.2) is 0 Å². The third kappa shape index (κ3) is 3.20. The lowest BCUT2D eigenvalue weighted by Gasteiger charge is -2.10. The highest BCUT2D eigenvalue weighted by Gasteiger charge is 2.20. The normalized spacial score (nSPS) is 12.3. The van der Waals surface area contributed by atoms with Crippen LogP contribution in [0.15, 0.2) is 47.1 Å². The third-order valence-corrected chi connectivity index (χ3v) is 2.75. The zero-order valence-corrected chi connectivity index (χ0v) is 9.67. The Balaban J connectivity index is 2.09. The number of halogens is 1. The van der Waals surface area contributed by atoms with Gasteiger partial charge in [-0.15, -0.1) is 0 Å². The van der Waals surface area contributed by atoms with Crippen molar-refractivity contribution in [3.05, 3.63) is 59.8 Å². The monoisotopic (exact) mass is 248 g/mol. The van der Waals surface area contributed by atoms with Crippen LogP contribution in [0.5, 0.6) is 0 Å². The molecule has 1 aromatic heterocycles. The molecule has 3 nitrogen and oxygen atoms in total. The fourth-order valence-electron chi connectivity index (χ4n) is 1.87. The highest BCUT2D eigenvalue weighted by atomic mass is 19.1. The van der Waals surface area contributed by atoms with Gasteiger partial charge in [-0.3, -0.25) is 4.79 Å². The zero-order valence-electron chi connectivity index (χ0n) is 9.67. The van der Waals surface area contributed by atoms with E-state index in [4.69, 9.17) is 9.52 Å². The first kappa shape index (κ1) is 12.4. The Morgan fingerprint density at radius 2 is 2.11 bits per heavy atom. The second-order valence-corrected chi connectivity index (χ2v) is 4.15. The van der Waals surface area contributed by atoms with Crippen LogP contribution in [0.4, 0.5) is 4.39 Å². The number of carboxylic acids is 1. The molecule has 0 bridgehead atoms. The number of carboxylic acid groups (broad SMARTS) is 1. The first-order valence-corrected chi connectivity index (χ1v) is 5.65. The standard InChI is InChI=1S/C14H13FO3/c15-12-4-1-3-10(8-12)7-11(14(16)17)9-13-5-2-6-18-13/h1-6,8,11H,7,9H2,(H,16,17). The lowest BCUT2D eigenvalue weighted by Crippen LogP contribution is -2.19. The van der Waals surface area contributed by atoms with Crippen LogP contribution in [0.25, 0.3) is 0 Å². The summed E-state index contributed by atoms with van der Waals surface area (Å²) in [6.07, 6.45) is 2.10. The van der Waals surface area contributed by atoms with E-state index in [0.29, 0.717) is 17.7 Å². The van der Waals surface area contributed by atoms with Crippen molar-refractivity contribution in [2.75, 3.05) is 0 Å². The molecule has 1 unspecified atom stereocenters. The van der Waals surface area contributed by atoms with Crippen molar-refractivity contribution < 1.29 is 18.7 Å². The van der Waals surface area contributed by atoms with Gasteiger partial charge in [0.25, 0.3) is 0 Å². The van der Waals surface area contributed by atoms with Gasteiger partial charge < -0.3 is 9.52 Å². The molecule has 0 aliphatic heterocycles. The second-order valence-electron chi connectivity index (χ2n) is 4.15. The first-order valence-electron chi connectivity index (χ1n) is 5.65. The third-order valence-electron chi connectivity index (χ3n) is 2.75. The van der Waals surface area contributed by atoms with Gasteiger partial charge in [-0.1, -0.05) is 12.1 Å². The van der Waals surface area contributed by atoms with Gasteiger partial charge in [0.05, 0.1) is 12.2 Å². The molecule has 1 atom stereocenters. The topological polar surface area (TPSA) is 50.4 Å². The molecule has 0 radical (unpaired) electrons. The second kappa shape index (κ2) is 5.49. The maximum absolute atomic E-state index is 13.0. The molecule has 2 aromatic rings. The minimum Gasteiger partial charge on any atom is -0.481 e. The summed E-state index contributed by atoms with van der Waals surface area (Å²) < 4.78 is 18.2. The van der Waals surface area contributed by atoms with Crippen LogP contribution in [0, 0.1) is 11.7 Å². The van der Waals surface area contributed by atoms with E-state index < -0.39 is 11.9 Å². The van der Waals surface area contributed by atoms with E-state index in [1.807, 2.05) is 0 Å². The summed E-state index contributed by atoms with van der Waals surface area (Å²) in [5, 5.41) is 9.17. The Kier molecular flexibility index (Phi) is 3.77. The van der Waals surface area contributed by atoms with Crippen LogP contribution in [0.3, 0.4) is 0 Å². The average molecular weight is 248 g/mol. The fourth-order valence-corrected chi connectivity index (χ4v) is 1.87. The molecule has 0 aliphatic rings. The Morgan fingerprint density at radius 3 is 2.72 bits per heavy atom. The highest BCUT2D eigenvalue weighted by molar-refractivity contribution is 5.70. The van der Waals surface area contributed by atoms with E-state index in [2.05, 4.69) is 0 Å².